The van der Waals surface area contributed by atoms with Crippen LogP contribution in [0.5, 0.6) is 0 Å². The van der Waals surface area contributed by atoms with Gasteiger partial charge in [0.1, 0.15) is 5.58 Å². The summed E-state index contributed by atoms with van der Waals surface area (Å²) < 4.78 is 7.60. The third-order valence-corrected chi connectivity index (χ3v) is 4.23. The fourth-order valence-corrected chi connectivity index (χ4v) is 3.15. The highest BCUT2D eigenvalue weighted by molar-refractivity contribution is 5.96. The van der Waals surface area contributed by atoms with E-state index in [1.165, 1.54) is 0 Å². The number of carbonyl (C=O) groups excluding carboxylic acids is 1. The van der Waals surface area contributed by atoms with E-state index in [2.05, 4.69) is 5.10 Å². The van der Waals surface area contributed by atoms with E-state index >= 15 is 0 Å². The molecule has 0 N–H and O–H groups in total. The van der Waals surface area contributed by atoms with Crippen LogP contribution in [0.2, 0.25) is 0 Å². The van der Waals surface area contributed by atoms with E-state index < -0.39 is 0 Å². The molecule has 1 saturated heterocycles. The van der Waals surface area contributed by atoms with Crippen LogP contribution in [0.25, 0.3) is 11.0 Å². The SMILES string of the molecule is O=C(c1cc2ccccc2o1)N1CCC[C@@H]1Cn1cccn1. The van der Waals surface area contributed by atoms with Gasteiger partial charge in [-0.15, -0.1) is 0 Å². The molecule has 5 heteroatoms. The summed E-state index contributed by atoms with van der Waals surface area (Å²) in [4.78, 5) is 14.7. The lowest BCUT2D eigenvalue weighted by Gasteiger charge is -2.23. The van der Waals surface area contributed by atoms with Crippen LogP contribution in [0, 0.1) is 0 Å². The Balaban J connectivity index is 1.58. The van der Waals surface area contributed by atoms with Crippen molar-refractivity contribution < 1.29 is 9.21 Å². The third kappa shape index (κ3) is 2.28. The van der Waals surface area contributed by atoms with Crippen LogP contribution in [0.3, 0.4) is 0 Å². The topological polar surface area (TPSA) is 51.3 Å². The molecule has 3 heterocycles. The van der Waals surface area contributed by atoms with E-state index in [1.54, 1.807) is 6.20 Å². The van der Waals surface area contributed by atoms with E-state index in [9.17, 15) is 4.79 Å². The van der Waals surface area contributed by atoms with Crippen molar-refractivity contribution in [2.45, 2.75) is 25.4 Å². The second-order valence-corrected chi connectivity index (χ2v) is 5.67. The summed E-state index contributed by atoms with van der Waals surface area (Å²) in [6, 6.07) is 11.6. The number of rotatable bonds is 3. The maximum atomic E-state index is 12.8. The van der Waals surface area contributed by atoms with Gasteiger partial charge in [0.25, 0.3) is 5.91 Å². The number of likely N-dealkylation sites (tertiary alicyclic amines) is 1. The predicted molar refractivity (Wildman–Crippen MR) is 82.5 cm³/mol. The van der Waals surface area contributed by atoms with Gasteiger partial charge >= 0.3 is 0 Å². The molecule has 3 aromatic rings. The largest absolute Gasteiger partial charge is 0.451 e. The van der Waals surface area contributed by atoms with Gasteiger partial charge in [-0.2, -0.15) is 5.10 Å². The van der Waals surface area contributed by atoms with Crippen LogP contribution < -0.4 is 0 Å². The third-order valence-electron chi connectivity index (χ3n) is 4.23. The van der Waals surface area contributed by atoms with Crippen molar-refractivity contribution in [3.05, 3.63) is 54.6 Å². The lowest BCUT2D eigenvalue weighted by Crippen LogP contribution is -2.38. The fraction of sp³-hybridized carbons (Fsp3) is 0.294. The molecule has 1 fully saturated rings. The molecule has 0 unspecified atom stereocenters. The van der Waals surface area contributed by atoms with E-state index in [1.807, 2.05) is 52.2 Å². The van der Waals surface area contributed by atoms with Gasteiger partial charge in [-0.05, 0) is 31.0 Å². The maximum absolute atomic E-state index is 12.8. The predicted octanol–water partition coefficient (Wildman–Crippen LogP) is 2.93. The fourth-order valence-electron chi connectivity index (χ4n) is 3.15. The van der Waals surface area contributed by atoms with Gasteiger partial charge in [-0.25, -0.2) is 0 Å². The minimum Gasteiger partial charge on any atom is -0.451 e. The first kappa shape index (κ1) is 13.1. The summed E-state index contributed by atoms with van der Waals surface area (Å²) in [7, 11) is 0. The summed E-state index contributed by atoms with van der Waals surface area (Å²) in [5.74, 6) is 0.402. The minimum atomic E-state index is -0.0224. The van der Waals surface area contributed by atoms with Gasteiger partial charge in [-0.3, -0.25) is 9.48 Å². The molecule has 1 atom stereocenters. The van der Waals surface area contributed by atoms with E-state index in [0.717, 1.165) is 36.9 Å². The van der Waals surface area contributed by atoms with E-state index in [-0.39, 0.29) is 11.9 Å². The molecule has 112 valence electrons. The molecule has 4 rings (SSSR count). The lowest BCUT2D eigenvalue weighted by atomic mass is 10.2. The molecule has 0 bridgehead atoms. The summed E-state index contributed by atoms with van der Waals surface area (Å²) in [6.07, 6.45) is 5.73. The Kier molecular flexibility index (Phi) is 3.18. The number of hydrogen-bond donors (Lipinski definition) is 0. The van der Waals surface area contributed by atoms with Crippen LogP contribution in [0.15, 0.2) is 53.2 Å². The Morgan fingerprint density at radius 1 is 1.32 bits per heavy atom. The van der Waals surface area contributed by atoms with Crippen molar-refractivity contribution >= 4 is 16.9 Å². The standard InChI is InChI=1S/C17H17N3O2/c21-17(16-11-13-5-1-2-7-15(13)22-16)20-10-3-6-14(20)12-19-9-4-8-18-19/h1-2,4-5,7-9,11,14H,3,6,10,12H2/t14-/m1/s1. The zero-order valence-electron chi connectivity index (χ0n) is 12.2. The maximum Gasteiger partial charge on any atom is 0.289 e. The molecule has 5 nitrogen and oxygen atoms in total. The molecular formula is C17H17N3O2. The Morgan fingerprint density at radius 3 is 3.05 bits per heavy atom. The lowest BCUT2D eigenvalue weighted by molar-refractivity contribution is 0.0691. The summed E-state index contributed by atoms with van der Waals surface area (Å²) in [5, 5.41) is 5.20. The van der Waals surface area contributed by atoms with Crippen LogP contribution >= 0.6 is 0 Å². The van der Waals surface area contributed by atoms with Crippen molar-refractivity contribution in [1.82, 2.24) is 14.7 Å². The first-order valence-electron chi connectivity index (χ1n) is 7.58. The molecule has 0 saturated carbocycles. The Hall–Kier alpha value is -2.56. The molecule has 0 radical (unpaired) electrons. The average Bonchev–Trinajstić information content (AvgIpc) is 3.27. The van der Waals surface area contributed by atoms with Crippen molar-refractivity contribution in [3.8, 4) is 0 Å². The number of furan rings is 1. The monoisotopic (exact) mass is 295 g/mol. The van der Waals surface area contributed by atoms with Gasteiger partial charge in [0, 0.05) is 24.3 Å². The number of benzene rings is 1. The van der Waals surface area contributed by atoms with E-state index in [0.29, 0.717) is 5.76 Å². The van der Waals surface area contributed by atoms with Crippen molar-refractivity contribution in [3.63, 3.8) is 0 Å². The van der Waals surface area contributed by atoms with Gasteiger partial charge in [0.2, 0.25) is 0 Å². The highest BCUT2D eigenvalue weighted by Gasteiger charge is 2.31. The molecule has 1 amide bonds. The molecule has 2 aromatic heterocycles. The number of nitrogens with zero attached hydrogens (tertiary/aromatic N) is 3. The quantitative estimate of drug-likeness (QED) is 0.746. The Morgan fingerprint density at radius 2 is 2.23 bits per heavy atom. The smallest absolute Gasteiger partial charge is 0.289 e. The molecule has 1 aliphatic rings. The second kappa shape index (κ2) is 5.33. The number of amides is 1. The number of fused-ring (bicyclic) bond motifs is 1. The second-order valence-electron chi connectivity index (χ2n) is 5.67. The Bertz CT molecular complexity index is 758. The van der Waals surface area contributed by atoms with Crippen LogP contribution in [-0.2, 0) is 6.54 Å². The molecule has 22 heavy (non-hydrogen) atoms. The zero-order valence-corrected chi connectivity index (χ0v) is 12.2. The van der Waals surface area contributed by atoms with Gasteiger partial charge in [0.15, 0.2) is 5.76 Å². The summed E-state index contributed by atoms with van der Waals surface area (Å²) >= 11 is 0. The number of aromatic nitrogens is 2. The number of carbonyl (C=O) groups is 1. The Labute approximate surface area is 128 Å². The van der Waals surface area contributed by atoms with Crippen molar-refractivity contribution in [2.75, 3.05) is 6.54 Å². The number of hydrogen-bond acceptors (Lipinski definition) is 3. The highest BCUT2D eigenvalue weighted by atomic mass is 16.3. The zero-order chi connectivity index (χ0) is 14.9. The molecular weight excluding hydrogens is 278 g/mol. The van der Waals surface area contributed by atoms with E-state index in [4.69, 9.17) is 4.42 Å². The first-order valence-corrected chi connectivity index (χ1v) is 7.58. The molecule has 0 spiro atoms. The molecule has 0 aliphatic carbocycles. The van der Waals surface area contributed by atoms with Crippen LogP contribution in [0.4, 0.5) is 0 Å². The van der Waals surface area contributed by atoms with Crippen molar-refractivity contribution in [1.29, 1.82) is 0 Å². The molecule has 1 aromatic carbocycles. The van der Waals surface area contributed by atoms with Gasteiger partial charge < -0.3 is 9.32 Å². The van der Waals surface area contributed by atoms with Crippen LogP contribution in [0.1, 0.15) is 23.4 Å². The van der Waals surface area contributed by atoms with Gasteiger partial charge in [-0.1, -0.05) is 18.2 Å². The van der Waals surface area contributed by atoms with Gasteiger partial charge in [0.05, 0.1) is 12.6 Å². The average molecular weight is 295 g/mol. The van der Waals surface area contributed by atoms with Crippen molar-refractivity contribution in [2.24, 2.45) is 0 Å². The first-order chi connectivity index (χ1) is 10.8. The summed E-state index contributed by atoms with van der Waals surface area (Å²) in [6.45, 7) is 1.51. The highest BCUT2D eigenvalue weighted by Crippen LogP contribution is 2.25. The molecule has 1 aliphatic heterocycles. The normalized spacial score (nSPS) is 18.2. The number of para-hydroxylation sites is 1. The summed E-state index contributed by atoms with van der Waals surface area (Å²) in [5.41, 5.74) is 0.758. The van der Waals surface area contributed by atoms with Crippen LogP contribution in [-0.4, -0.2) is 33.2 Å². The minimum absolute atomic E-state index is 0.0224.